The van der Waals surface area contributed by atoms with Crippen molar-refractivity contribution in [3.63, 3.8) is 0 Å². The van der Waals surface area contributed by atoms with Crippen molar-refractivity contribution in [2.75, 3.05) is 9.80 Å². The van der Waals surface area contributed by atoms with Gasteiger partial charge in [0.2, 0.25) is 0 Å². The van der Waals surface area contributed by atoms with Crippen LogP contribution >= 0.6 is 0 Å². The minimum atomic E-state index is 0.921. The van der Waals surface area contributed by atoms with E-state index in [9.17, 15) is 0 Å². The molecule has 276 valence electrons. The Morgan fingerprint density at radius 3 is 0.966 bits per heavy atom. The molecular weight excluding hydrogens is 701 g/mol. The molecule has 0 fully saturated rings. The van der Waals surface area contributed by atoms with Gasteiger partial charge in [0.1, 0.15) is 0 Å². The molecule has 0 atom stereocenters. The van der Waals surface area contributed by atoms with Gasteiger partial charge in [-0.2, -0.15) is 0 Å². The molecule has 0 heterocycles. The Morgan fingerprint density at radius 1 is 0.310 bits per heavy atom. The van der Waals surface area contributed by atoms with Gasteiger partial charge in [-0.1, -0.05) is 158 Å². The molecule has 0 spiro atoms. The van der Waals surface area contributed by atoms with Crippen LogP contribution in [0.5, 0.6) is 0 Å². The maximum absolute atomic E-state index is 2.35. The highest BCUT2D eigenvalue weighted by molar-refractivity contribution is 5.92. The first-order valence-corrected chi connectivity index (χ1v) is 20.1. The standard InChI is InChI=1S/C56H42N2/c1-5-13-51(14-6-1)57(52-15-7-2-8-16-52)55-33-31-45-35-47(37-49(45)39-55)43-27-23-41(24-28-43)21-22-42-25-29-44(30-26-42)48-36-46-32-34-56(40-50(46)38-48)58(53-17-9-3-10-18-53)54-19-11-4-12-20-54/h1-36,39-40H,37-38H2. The van der Waals surface area contributed by atoms with Gasteiger partial charge in [-0.25, -0.2) is 0 Å². The third-order valence-corrected chi connectivity index (χ3v) is 11.3. The summed E-state index contributed by atoms with van der Waals surface area (Å²) < 4.78 is 0. The maximum Gasteiger partial charge on any atom is 0.0464 e. The van der Waals surface area contributed by atoms with E-state index in [2.05, 4.69) is 240 Å². The summed E-state index contributed by atoms with van der Waals surface area (Å²) in [5.41, 5.74) is 19.9. The Morgan fingerprint density at radius 2 is 0.638 bits per heavy atom. The Balaban J connectivity index is 0.797. The van der Waals surface area contributed by atoms with Gasteiger partial charge in [0, 0.05) is 34.1 Å². The van der Waals surface area contributed by atoms with Crippen LogP contribution in [0.2, 0.25) is 0 Å². The number of allylic oxidation sites excluding steroid dienone is 2. The van der Waals surface area contributed by atoms with E-state index in [1.807, 2.05) is 0 Å². The summed E-state index contributed by atoms with van der Waals surface area (Å²) in [6.45, 7) is 0. The molecule has 0 unspecified atom stereocenters. The second-order valence-electron chi connectivity index (χ2n) is 15.0. The fourth-order valence-electron chi connectivity index (χ4n) is 8.32. The first-order valence-electron chi connectivity index (χ1n) is 20.1. The van der Waals surface area contributed by atoms with E-state index in [1.165, 1.54) is 67.0 Å². The van der Waals surface area contributed by atoms with Crippen molar-refractivity contribution < 1.29 is 0 Å². The van der Waals surface area contributed by atoms with E-state index in [0.717, 1.165) is 35.6 Å². The van der Waals surface area contributed by atoms with Crippen molar-refractivity contribution in [2.45, 2.75) is 12.8 Å². The fourth-order valence-corrected chi connectivity index (χ4v) is 8.32. The molecule has 10 rings (SSSR count). The highest BCUT2D eigenvalue weighted by Crippen LogP contribution is 2.41. The third kappa shape index (κ3) is 7.20. The van der Waals surface area contributed by atoms with Crippen LogP contribution in [-0.4, -0.2) is 0 Å². The molecule has 0 N–H and O–H groups in total. The Labute approximate surface area is 341 Å². The van der Waals surface area contributed by atoms with E-state index in [0.29, 0.717) is 0 Å². The van der Waals surface area contributed by atoms with Gasteiger partial charge in [-0.15, -0.1) is 0 Å². The van der Waals surface area contributed by atoms with Crippen LogP contribution in [0.4, 0.5) is 34.1 Å². The summed E-state index contributed by atoms with van der Waals surface area (Å²) in [6, 6.07) is 74.1. The van der Waals surface area contributed by atoms with Gasteiger partial charge in [-0.3, -0.25) is 0 Å². The number of anilines is 6. The molecular formula is C56H42N2. The van der Waals surface area contributed by atoms with Crippen molar-refractivity contribution in [3.05, 3.63) is 251 Å². The molecule has 2 heteroatoms. The molecule has 2 nitrogen and oxygen atoms in total. The van der Waals surface area contributed by atoms with Gasteiger partial charge >= 0.3 is 0 Å². The highest BCUT2D eigenvalue weighted by Gasteiger charge is 2.20. The lowest BCUT2D eigenvalue weighted by atomic mass is 10.0. The van der Waals surface area contributed by atoms with E-state index in [-0.39, 0.29) is 0 Å². The number of hydrogen-bond donors (Lipinski definition) is 0. The monoisotopic (exact) mass is 742 g/mol. The zero-order valence-electron chi connectivity index (χ0n) is 32.2. The smallest absolute Gasteiger partial charge is 0.0464 e. The van der Waals surface area contributed by atoms with Crippen LogP contribution in [0.15, 0.2) is 206 Å². The van der Waals surface area contributed by atoms with Crippen LogP contribution in [-0.2, 0) is 12.8 Å². The second-order valence-corrected chi connectivity index (χ2v) is 15.0. The number of nitrogens with zero attached hydrogens (tertiary/aromatic N) is 2. The minimum absolute atomic E-state index is 0.921. The van der Waals surface area contributed by atoms with E-state index in [1.54, 1.807) is 0 Å². The number of para-hydroxylation sites is 4. The lowest BCUT2D eigenvalue weighted by Gasteiger charge is -2.26. The summed E-state index contributed by atoms with van der Waals surface area (Å²) >= 11 is 0. The van der Waals surface area contributed by atoms with Crippen molar-refractivity contribution in [1.82, 2.24) is 0 Å². The molecule has 2 aliphatic carbocycles. The lowest BCUT2D eigenvalue weighted by molar-refractivity contribution is 1.25. The Kier molecular flexibility index (Phi) is 9.43. The number of fused-ring (bicyclic) bond motifs is 2. The van der Waals surface area contributed by atoms with Gasteiger partial charge in [0.25, 0.3) is 0 Å². The van der Waals surface area contributed by atoms with Crippen LogP contribution < -0.4 is 9.80 Å². The normalized spacial score (nSPS) is 12.8. The Hall–Kier alpha value is -7.42. The number of benzene rings is 8. The zero-order valence-corrected chi connectivity index (χ0v) is 32.2. The van der Waals surface area contributed by atoms with Gasteiger partial charge in [0.05, 0.1) is 0 Å². The zero-order chi connectivity index (χ0) is 38.7. The molecule has 0 aromatic heterocycles. The average Bonchev–Trinajstić information content (AvgIpc) is 3.92. The molecule has 0 amide bonds. The average molecular weight is 743 g/mol. The molecule has 0 saturated carbocycles. The third-order valence-electron chi connectivity index (χ3n) is 11.3. The van der Waals surface area contributed by atoms with Crippen LogP contribution in [0.25, 0.3) is 35.5 Å². The summed E-state index contributed by atoms with van der Waals surface area (Å²) in [4.78, 5) is 4.67. The van der Waals surface area contributed by atoms with Crippen molar-refractivity contribution in [3.8, 4) is 0 Å². The number of rotatable bonds is 10. The predicted octanol–water partition coefficient (Wildman–Crippen LogP) is 15.0. The summed E-state index contributed by atoms with van der Waals surface area (Å²) in [5.74, 6) is 0. The second kappa shape index (κ2) is 15.6. The maximum atomic E-state index is 2.35. The van der Waals surface area contributed by atoms with Crippen LogP contribution in [0.1, 0.15) is 44.5 Å². The minimum Gasteiger partial charge on any atom is -0.310 e. The van der Waals surface area contributed by atoms with Gasteiger partial charge in [0.15, 0.2) is 0 Å². The molecule has 8 aromatic rings. The van der Waals surface area contributed by atoms with Crippen LogP contribution in [0, 0.1) is 0 Å². The molecule has 8 aromatic carbocycles. The molecule has 0 aliphatic heterocycles. The summed E-state index contributed by atoms with van der Waals surface area (Å²) in [5, 5.41) is 0. The topological polar surface area (TPSA) is 6.48 Å². The number of hydrogen-bond acceptors (Lipinski definition) is 2. The Bertz CT molecular complexity index is 2510. The molecule has 2 aliphatic rings. The predicted molar refractivity (Wildman–Crippen MR) is 247 cm³/mol. The van der Waals surface area contributed by atoms with Crippen molar-refractivity contribution >= 4 is 69.6 Å². The lowest BCUT2D eigenvalue weighted by Crippen LogP contribution is -2.10. The van der Waals surface area contributed by atoms with Crippen molar-refractivity contribution in [2.24, 2.45) is 0 Å². The van der Waals surface area contributed by atoms with Gasteiger partial charge in [-0.05, 0) is 141 Å². The molecule has 0 bridgehead atoms. The fraction of sp³-hybridized carbons (Fsp3) is 0.0357. The first-order chi connectivity index (χ1) is 28.7. The van der Waals surface area contributed by atoms with Crippen LogP contribution in [0.3, 0.4) is 0 Å². The van der Waals surface area contributed by atoms with E-state index in [4.69, 9.17) is 0 Å². The molecule has 0 radical (unpaired) electrons. The molecule has 58 heavy (non-hydrogen) atoms. The van der Waals surface area contributed by atoms with Gasteiger partial charge < -0.3 is 9.80 Å². The highest BCUT2D eigenvalue weighted by atomic mass is 15.1. The van der Waals surface area contributed by atoms with E-state index < -0.39 is 0 Å². The summed E-state index contributed by atoms with van der Waals surface area (Å²) in [7, 11) is 0. The first kappa shape index (κ1) is 35.0. The largest absolute Gasteiger partial charge is 0.310 e. The SMILES string of the molecule is C(=Cc1ccc(C2=Cc3ccc(N(c4ccccc4)c4ccccc4)cc3C2)cc1)c1ccc(C2=Cc3ccc(N(c4ccccc4)c4ccccc4)cc3C2)cc1. The van der Waals surface area contributed by atoms with Crippen molar-refractivity contribution in [1.29, 1.82) is 0 Å². The summed E-state index contributed by atoms with van der Waals surface area (Å²) in [6.07, 6.45) is 11.0. The molecule has 0 saturated heterocycles. The van der Waals surface area contributed by atoms with E-state index >= 15 is 0 Å². The quantitative estimate of drug-likeness (QED) is 0.129.